The quantitative estimate of drug-likeness (QED) is 0.579. The third kappa shape index (κ3) is 7.19. The fourth-order valence-electron chi connectivity index (χ4n) is 2.40. The molecule has 8 nitrogen and oxygen atoms in total. The van der Waals surface area contributed by atoms with Crippen molar-refractivity contribution in [2.24, 2.45) is 5.73 Å². The Morgan fingerprint density at radius 2 is 1.87 bits per heavy atom. The molecule has 3 N–H and O–H groups in total. The van der Waals surface area contributed by atoms with Crippen LogP contribution in [0.1, 0.15) is 33.2 Å². The number of nitrogens with two attached hydrogens (primary N) is 1. The number of carbonyl (C=O) groups is 2. The van der Waals surface area contributed by atoms with Crippen molar-refractivity contribution in [1.82, 2.24) is 10.3 Å². The van der Waals surface area contributed by atoms with E-state index in [-0.39, 0.29) is 30.5 Å². The summed E-state index contributed by atoms with van der Waals surface area (Å²) in [7, 11) is 1.54. The number of nitrogens with zero attached hydrogens (tertiary/aromatic N) is 1. The van der Waals surface area contributed by atoms with E-state index >= 15 is 0 Å². The summed E-state index contributed by atoms with van der Waals surface area (Å²) >= 11 is 1.25. The van der Waals surface area contributed by atoms with E-state index in [4.69, 9.17) is 15.2 Å². The highest BCUT2D eigenvalue weighted by Crippen LogP contribution is 2.27. The summed E-state index contributed by atoms with van der Waals surface area (Å²) in [6, 6.07) is 4.64. The van der Waals surface area contributed by atoms with E-state index in [2.05, 4.69) is 15.0 Å². The maximum absolute atomic E-state index is 12.1. The van der Waals surface area contributed by atoms with Crippen molar-refractivity contribution < 1.29 is 37.0 Å². The second-order valence-corrected chi connectivity index (χ2v) is 7.24. The van der Waals surface area contributed by atoms with E-state index in [1.807, 2.05) is 6.92 Å². The largest absolute Gasteiger partial charge is 0.573 e. The number of rotatable bonds is 10. The number of thiazole rings is 1. The van der Waals surface area contributed by atoms with Gasteiger partial charge in [0.25, 0.3) is 11.8 Å². The lowest BCUT2D eigenvalue weighted by Gasteiger charge is -2.10. The molecule has 12 heteroatoms. The van der Waals surface area contributed by atoms with Crippen molar-refractivity contribution in [1.29, 1.82) is 0 Å². The number of halogens is 3. The number of methoxy groups -OCH3 is 1. The molecule has 30 heavy (non-hydrogen) atoms. The van der Waals surface area contributed by atoms with Crippen molar-refractivity contribution in [3.63, 3.8) is 0 Å². The molecule has 0 aliphatic rings. The van der Waals surface area contributed by atoms with Gasteiger partial charge in [-0.2, -0.15) is 0 Å². The van der Waals surface area contributed by atoms with Crippen LogP contribution >= 0.6 is 11.3 Å². The standard InChI is InChI=1S/C18H20F3N3O5S/c1-10(8-27-2)16-15(17(22)26)24-14(30-16)7-23-13(25)9-28-11-3-5-12(6-4-11)29-18(19,20)21/h3-6,10H,7-9H2,1-2H3,(H2,22,26)(H,23,25). The Balaban J connectivity index is 1.87. The van der Waals surface area contributed by atoms with Gasteiger partial charge in [-0.25, -0.2) is 4.98 Å². The van der Waals surface area contributed by atoms with Crippen molar-refractivity contribution in [2.75, 3.05) is 20.3 Å². The molecule has 0 bridgehead atoms. The average Bonchev–Trinajstić information content (AvgIpc) is 3.10. The molecule has 0 saturated heterocycles. The Kier molecular flexibility index (Phi) is 8.00. The normalized spacial score (nSPS) is 12.3. The van der Waals surface area contributed by atoms with Crippen LogP contribution in [0.5, 0.6) is 11.5 Å². The van der Waals surface area contributed by atoms with Crippen LogP contribution < -0.4 is 20.5 Å². The first-order valence-corrected chi connectivity index (χ1v) is 9.44. The van der Waals surface area contributed by atoms with Crippen LogP contribution in [0, 0.1) is 0 Å². The first kappa shape index (κ1) is 23.4. The topological polar surface area (TPSA) is 113 Å². The van der Waals surface area contributed by atoms with Crippen LogP contribution in [-0.4, -0.2) is 43.5 Å². The second kappa shape index (κ2) is 10.3. The first-order valence-electron chi connectivity index (χ1n) is 8.62. The highest BCUT2D eigenvalue weighted by molar-refractivity contribution is 7.12. The number of benzene rings is 1. The molecule has 0 spiro atoms. The fourth-order valence-corrected chi connectivity index (χ4v) is 3.45. The molecule has 1 aromatic heterocycles. The lowest BCUT2D eigenvalue weighted by atomic mass is 10.1. The van der Waals surface area contributed by atoms with E-state index in [9.17, 15) is 22.8 Å². The van der Waals surface area contributed by atoms with Gasteiger partial charge in [-0.15, -0.1) is 24.5 Å². The minimum absolute atomic E-state index is 0.0607. The lowest BCUT2D eigenvalue weighted by Crippen LogP contribution is -2.28. The maximum Gasteiger partial charge on any atom is 0.573 e. The van der Waals surface area contributed by atoms with Gasteiger partial charge in [0.15, 0.2) is 6.61 Å². The van der Waals surface area contributed by atoms with Crippen molar-refractivity contribution in [2.45, 2.75) is 25.7 Å². The summed E-state index contributed by atoms with van der Waals surface area (Å²) in [6.07, 6.45) is -4.78. The zero-order chi connectivity index (χ0) is 22.3. The number of hydrogen-bond donors (Lipinski definition) is 2. The number of hydrogen-bond acceptors (Lipinski definition) is 7. The predicted octanol–water partition coefficient (Wildman–Crippen LogP) is 2.59. The van der Waals surface area contributed by atoms with Crippen LogP contribution in [0.3, 0.4) is 0 Å². The van der Waals surface area contributed by atoms with E-state index < -0.39 is 23.9 Å². The fraction of sp³-hybridized carbons (Fsp3) is 0.389. The molecule has 1 atom stereocenters. The van der Waals surface area contributed by atoms with Gasteiger partial charge in [-0.05, 0) is 24.3 Å². The molecule has 1 aromatic carbocycles. The number of ether oxygens (including phenoxy) is 3. The average molecular weight is 447 g/mol. The monoisotopic (exact) mass is 447 g/mol. The van der Waals surface area contributed by atoms with E-state index in [0.717, 1.165) is 12.1 Å². The van der Waals surface area contributed by atoms with Gasteiger partial charge < -0.3 is 25.3 Å². The molecule has 164 valence electrons. The number of aromatic nitrogens is 1. The Labute approximate surface area is 174 Å². The number of carbonyl (C=O) groups excluding carboxylic acids is 2. The molecule has 2 rings (SSSR count). The van der Waals surface area contributed by atoms with Crippen LogP contribution in [0.4, 0.5) is 13.2 Å². The van der Waals surface area contributed by atoms with Crippen LogP contribution in [0.25, 0.3) is 0 Å². The number of nitrogens with one attached hydrogen (secondary N) is 1. The Hall–Kier alpha value is -2.86. The highest BCUT2D eigenvalue weighted by Gasteiger charge is 2.31. The van der Waals surface area contributed by atoms with E-state index in [1.165, 1.54) is 23.5 Å². The van der Waals surface area contributed by atoms with Gasteiger partial charge in [0.05, 0.1) is 13.2 Å². The molecule has 0 fully saturated rings. The smallest absolute Gasteiger partial charge is 0.484 e. The van der Waals surface area contributed by atoms with Crippen molar-refractivity contribution >= 4 is 23.2 Å². The third-order valence-corrected chi connectivity index (χ3v) is 4.95. The SMILES string of the molecule is COCC(C)c1sc(CNC(=O)COc2ccc(OC(F)(F)F)cc2)nc1C(N)=O. The minimum Gasteiger partial charge on any atom is -0.484 e. The number of alkyl halides is 3. The molecule has 1 heterocycles. The molecule has 2 aromatic rings. The van der Waals surface area contributed by atoms with E-state index in [0.29, 0.717) is 16.5 Å². The minimum atomic E-state index is -4.78. The molecule has 0 aliphatic heterocycles. The molecule has 1 unspecified atom stereocenters. The van der Waals surface area contributed by atoms with Crippen LogP contribution in [0.15, 0.2) is 24.3 Å². The van der Waals surface area contributed by atoms with Gasteiger partial charge in [0.1, 0.15) is 22.2 Å². The highest BCUT2D eigenvalue weighted by atomic mass is 32.1. The summed E-state index contributed by atoms with van der Waals surface area (Å²) in [4.78, 5) is 28.4. The maximum atomic E-state index is 12.1. The summed E-state index contributed by atoms with van der Waals surface area (Å²) < 4.78 is 50.4. The molecule has 2 amide bonds. The van der Waals surface area contributed by atoms with Gasteiger partial charge in [0.2, 0.25) is 0 Å². The zero-order valence-electron chi connectivity index (χ0n) is 16.1. The van der Waals surface area contributed by atoms with Crippen molar-refractivity contribution in [3.05, 3.63) is 39.8 Å². The Morgan fingerprint density at radius 3 is 2.43 bits per heavy atom. The Morgan fingerprint density at radius 1 is 1.23 bits per heavy atom. The van der Waals surface area contributed by atoms with Crippen molar-refractivity contribution in [3.8, 4) is 11.5 Å². The first-order chi connectivity index (χ1) is 14.1. The third-order valence-electron chi connectivity index (χ3n) is 3.66. The Bertz CT molecular complexity index is 871. The molecule has 0 radical (unpaired) electrons. The van der Waals surface area contributed by atoms with E-state index in [1.54, 1.807) is 7.11 Å². The lowest BCUT2D eigenvalue weighted by molar-refractivity contribution is -0.274. The second-order valence-electron chi connectivity index (χ2n) is 6.13. The predicted molar refractivity (Wildman–Crippen MR) is 101 cm³/mol. The molecule has 0 saturated carbocycles. The summed E-state index contributed by atoms with van der Waals surface area (Å²) in [5.41, 5.74) is 5.50. The molecule has 0 aliphatic carbocycles. The summed E-state index contributed by atoms with van der Waals surface area (Å²) in [5.74, 6) is -1.43. The summed E-state index contributed by atoms with van der Waals surface area (Å²) in [6.45, 7) is 1.95. The van der Waals surface area contributed by atoms with Gasteiger partial charge in [-0.3, -0.25) is 9.59 Å². The number of primary amides is 1. The van der Waals surface area contributed by atoms with Crippen LogP contribution in [0.2, 0.25) is 0 Å². The molecular formula is C18H20F3N3O5S. The van der Waals surface area contributed by atoms with Gasteiger partial charge in [0, 0.05) is 17.9 Å². The van der Waals surface area contributed by atoms with Gasteiger partial charge >= 0.3 is 6.36 Å². The van der Waals surface area contributed by atoms with Gasteiger partial charge in [-0.1, -0.05) is 6.92 Å². The summed E-state index contributed by atoms with van der Waals surface area (Å²) in [5, 5.41) is 3.08. The zero-order valence-corrected chi connectivity index (χ0v) is 16.9. The van der Waals surface area contributed by atoms with Crippen LogP contribution in [-0.2, 0) is 16.1 Å². The molecular weight excluding hydrogens is 427 g/mol. The number of amides is 2.